The summed E-state index contributed by atoms with van der Waals surface area (Å²) in [5.74, 6) is 0.145. The second-order valence-electron chi connectivity index (χ2n) is 16.3. The fourth-order valence-electron chi connectivity index (χ4n) is 7.19. The normalized spacial score (nSPS) is 11.4. The van der Waals surface area contributed by atoms with Crippen molar-refractivity contribution in [2.45, 2.75) is 66.2 Å². The molecule has 0 bridgehead atoms. The van der Waals surface area contributed by atoms with E-state index in [0.29, 0.717) is 18.3 Å². The van der Waals surface area contributed by atoms with Gasteiger partial charge in [-0.25, -0.2) is 9.13 Å². The quantitative estimate of drug-likeness (QED) is 0.0475. The average Bonchev–Trinajstić information content (AvgIpc) is 4.09. The molecule has 20 heteroatoms. The third kappa shape index (κ3) is 13.9. The lowest BCUT2D eigenvalue weighted by atomic mass is 10.1. The molecule has 0 saturated carbocycles. The van der Waals surface area contributed by atoms with Gasteiger partial charge >= 0.3 is 15.6 Å². The first kappa shape index (κ1) is 52.3. The molecule has 4 aromatic heterocycles. The van der Waals surface area contributed by atoms with Crippen molar-refractivity contribution in [2.75, 3.05) is 0 Å². The van der Waals surface area contributed by atoms with Gasteiger partial charge in [-0.15, -0.1) is 0 Å². The van der Waals surface area contributed by atoms with Gasteiger partial charge in [-0.2, -0.15) is 10.2 Å². The average molecular weight is 1010 g/mol. The lowest BCUT2D eigenvalue weighted by molar-refractivity contribution is 0.110. The molecule has 0 atom stereocenters. The Hall–Kier alpha value is -7.56. The minimum atomic E-state index is -4.81. The molecule has 0 radical (unpaired) electrons. The van der Waals surface area contributed by atoms with Gasteiger partial charge in [-0.3, -0.25) is 47.8 Å². The van der Waals surface area contributed by atoms with Crippen molar-refractivity contribution in [3.8, 4) is 45.8 Å². The molecule has 2 N–H and O–H groups in total. The molecule has 0 aliphatic heterocycles. The highest BCUT2D eigenvalue weighted by Crippen LogP contribution is 2.52. The Morgan fingerprint density at radius 3 is 1.32 bits per heavy atom. The largest absolute Gasteiger partial charge is 0.530 e. The summed E-state index contributed by atoms with van der Waals surface area (Å²) in [6.45, 7) is 8.27. The summed E-state index contributed by atoms with van der Waals surface area (Å²) in [5, 5.41) is 8.74. The van der Waals surface area contributed by atoms with Crippen molar-refractivity contribution in [3.63, 3.8) is 0 Å². The summed E-state index contributed by atoms with van der Waals surface area (Å²) in [5.41, 5.74) is 6.21. The summed E-state index contributed by atoms with van der Waals surface area (Å²) in [7, 11) is -9.01. The number of aromatic nitrogens is 6. The highest BCUT2D eigenvalue weighted by atomic mass is 31.2. The van der Waals surface area contributed by atoms with Gasteiger partial charge in [0.05, 0.1) is 47.1 Å². The minimum absolute atomic E-state index is 0.0150. The fraction of sp³-hybridized carbons (Fsp3) is 0.192. The molecule has 0 aliphatic rings. The van der Waals surface area contributed by atoms with E-state index in [1.807, 2.05) is 128 Å². The van der Waals surface area contributed by atoms with Gasteiger partial charge in [0.1, 0.15) is 36.2 Å². The number of pyridine rings is 2. The Labute approximate surface area is 416 Å². The van der Waals surface area contributed by atoms with Crippen LogP contribution in [0.4, 0.5) is 0 Å². The van der Waals surface area contributed by atoms with Crippen molar-refractivity contribution in [1.29, 1.82) is 0 Å². The number of hydrogen-bond acceptors (Lipinski definition) is 14. The predicted molar refractivity (Wildman–Crippen MR) is 267 cm³/mol. The summed E-state index contributed by atoms with van der Waals surface area (Å²) in [6.07, 6.45) is 7.84. The molecule has 18 nitrogen and oxygen atoms in total. The zero-order valence-corrected chi connectivity index (χ0v) is 41.5. The number of rotatable bonds is 22. The number of ether oxygens (including phenoxy) is 2. The predicted octanol–water partition coefficient (Wildman–Crippen LogP) is 11.2. The van der Waals surface area contributed by atoms with Crippen LogP contribution in [0.25, 0.3) is 22.8 Å². The summed E-state index contributed by atoms with van der Waals surface area (Å²) in [6, 6.07) is 39.0. The van der Waals surface area contributed by atoms with Gasteiger partial charge in [-0.05, 0) is 87.4 Å². The van der Waals surface area contributed by atoms with E-state index in [1.54, 1.807) is 43.0 Å². The van der Waals surface area contributed by atoms with Crippen molar-refractivity contribution >= 4 is 28.2 Å². The zero-order chi connectivity index (χ0) is 51.1. The number of aldehydes is 2. The Morgan fingerprint density at radius 1 is 0.500 bits per heavy atom. The van der Waals surface area contributed by atoms with E-state index in [-0.39, 0.29) is 72.6 Å². The van der Waals surface area contributed by atoms with Gasteiger partial charge in [0.2, 0.25) is 0 Å². The number of carbonyl (C=O) groups is 2. The van der Waals surface area contributed by atoms with E-state index in [1.165, 1.54) is 24.3 Å². The number of hydrogen-bond donors (Lipinski definition) is 2. The van der Waals surface area contributed by atoms with Crippen molar-refractivity contribution < 1.29 is 56.1 Å². The lowest BCUT2D eigenvalue weighted by Crippen LogP contribution is -2.08. The van der Waals surface area contributed by atoms with Crippen LogP contribution < -0.4 is 18.5 Å². The van der Waals surface area contributed by atoms with Crippen LogP contribution in [0.2, 0.25) is 0 Å². The molecule has 72 heavy (non-hydrogen) atoms. The number of benzene rings is 4. The van der Waals surface area contributed by atoms with Crippen LogP contribution in [0.5, 0.6) is 23.0 Å². The highest BCUT2D eigenvalue weighted by molar-refractivity contribution is 7.48. The molecule has 0 unspecified atom stereocenters. The van der Waals surface area contributed by atoms with Crippen LogP contribution in [-0.2, 0) is 44.6 Å². The topological polar surface area (TPSA) is 226 Å². The Balaban J connectivity index is 0.000000228. The van der Waals surface area contributed by atoms with Crippen LogP contribution in [-0.4, -0.2) is 51.9 Å². The van der Waals surface area contributed by atoms with Crippen molar-refractivity contribution in [3.05, 3.63) is 192 Å². The molecule has 372 valence electrons. The maximum atomic E-state index is 13.9. The molecule has 8 aromatic rings. The van der Waals surface area contributed by atoms with Gasteiger partial charge in [0.15, 0.2) is 12.6 Å². The first-order valence-corrected chi connectivity index (χ1v) is 25.5. The third-order valence-corrected chi connectivity index (χ3v) is 12.3. The standard InChI is InChI=1S/C33H32N3O6P.C19H20N3O6P/c1-25(2)36-30(18-20-35-36)33-28(15-10-19-34-33)24-39-31-16-9-17-32(29(31)21-37)42-43(38,40-22-26-11-5-3-6-12-26)41-23-27-13-7-4-8-14-27;1-13(2)22-16(8-10-21-22)19-14(5-4-9-20-19)12-27-17-6-3-7-18(15(17)11-23)28-29(24,25)26/h3-21,25H,22-24H2,1-2H3;3-11,13H,12H2,1-2H3,(H2,24,25,26). The van der Waals surface area contributed by atoms with E-state index in [0.717, 1.165) is 39.3 Å². The maximum Gasteiger partial charge on any atom is 0.530 e. The number of phosphoric acid groups is 2. The molecule has 0 amide bonds. The molecule has 4 heterocycles. The Morgan fingerprint density at radius 2 is 0.917 bits per heavy atom. The molecule has 0 aliphatic carbocycles. The Bertz CT molecular complexity index is 3110. The summed E-state index contributed by atoms with van der Waals surface area (Å²) in [4.78, 5) is 50.9. The van der Waals surface area contributed by atoms with E-state index < -0.39 is 15.6 Å². The van der Waals surface area contributed by atoms with Gasteiger partial charge < -0.3 is 18.5 Å². The van der Waals surface area contributed by atoms with E-state index in [4.69, 9.17) is 32.8 Å². The lowest BCUT2D eigenvalue weighted by Gasteiger charge is -2.20. The number of phosphoric ester groups is 2. The third-order valence-electron chi connectivity index (χ3n) is 10.5. The second kappa shape index (κ2) is 24.5. The van der Waals surface area contributed by atoms with Crippen LogP contribution in [0.15, 0.2) is 158 Å². The van der Waals surface area contributed by atoms with Crippen molar-refractivity contribution in [1.82, 2.24) is 29.5 Å². The van der Waals surface area contributed by atoms with E-state index in [9.17, 15) is 18.7 Å². The van der Waals surface area contributed by atoms with E-state index >= 15 is 0 Å². The Kier molecular flexibility index (Phi) is 17.8. The smallest absolute Gasteiger partial charge is 0.488 e. The van der Waals surface area contributed by atoms with Crippen LogP contribution >= 0.6 is 15.6 Å². The highest BCUT2D eigenvalue weighted by Gasteiger charge is 2.31. The van der Waals surface area contributed by atoms with Gasteiger partial charge in [-0.1, -0.05) is 84.9 Å². The first-order valence-electron chi connectivity index (χ1n) is 22.5. The SMILES string of the molecule is CC(C)n1nccc1-c1ncccc1COc1cccc(OP(=O)(O)O)c1C=O.CC(C)n1nccc1-c1ncccc1COc1cccc(OP(=O)(OCc2ccccc2)OCc2ccccc2)c1C=O. The number of carbonyl (C=O) groups excluding carboxylic acids is 2. The molecular weight excluding hydrogens is 963 g/mol. The van der Waals surface area contributed by atoms with Crippen LogP contribution in [0.3, 0.4) is 0 Å². The van der Waals surface area contributed by atoms with Crippen molar-refractivity contribution in [2.24, 2.45) is 0 Å². The molecule has 4 aromatic carbocycles. The molecule has 8 rings (SSSR count). The van der Waals surface area contributed by atoms with E-state index in [2.05, 4.69) is 24.7 Å². The summed E-state index contributed by atoms with van der Waals surface area (Å²) >= 11 is 0. The molecule has 0 spiro atoms. The zero-order valence-electron chi connectivity index (χ0n) is 39.7. The fourth-order valence-corrected chi connectivity index (χ4v) is 8.80. The molecular formula is C52H52N6O12P2. The molecule has 0 fully saturated rings. The second-order valence-corrected chi connectivity index (χ2v) is 19.1. The number of nitrogens with zero attached hydrogens (tertiary/aromatic N) is 6. The maximum absolute atomic E-state index is 13.9. The van der Waals surface area contributed by atoms with Gasteiger partial charge in [0.25, 0.3) is 0 Å². The molecule has 0 saturated heterocycles. The first-order chi connectivity index (χ1) is 34.8. The van der Waals surface area contributed by atoms with Crippen LogP contribution in [0.1, 0.15) is 82.7 Å². The van der Waals surface area contributed by atoms with Gasteiger partial charge in [0, 0.05) is 48.0 Å². The van der Waals surface area contributed by atoms with Crippen LogP contribution in [0, 0.1) is 0 Å². The minimum Gasteiger partial charge on any atom is -0.488 e. The summed E-state index contributed by atoms with van der Waals surface area (Å²) < 4.78 is 62.6. The monoisotopic (exact) mass is 1010 g/mol.